The summed E-state index contributed by atoms with van der Waals surface area (Å²) in [5.74, 6) is -0.140. The standard InChI is InChI=1S/C9H14N2O2S/c1-3-13-4-7(2)11-9(12)8-5-14-6-10-8/h5-7H,3-4H2,1-2H3,(H,11,12). The number of carbonyl (C=O) groups is 1. The maximum atomic E-state index is 11.5. The van der Waals surface area contributed by atoms with Crippen molar-refractivity contribution in [2.75, 3.05) is 13.2 Å². The second-order valence-corrected chi connectivity index (χ2v) is 3.63. The average Bonchev–Trinajstić information content (AvgIpc) is 2.67. The zero-order chi connectivity index (χ0) is 10.4. The predicted molar refractivity (Wildman–Crippen MR) is 55.5 cm³/mol. The number of carbonyl (C=O) groups excluding carboxylic acids is 1. The molecule has 1 atom stereocenters. The Hall–Kier alpha value is -0.940. The minimum absolute atomic E-state index is 0.0177. The lowest BCUT2D eigenvalue weighted by Gasteiger charge is -2.12. The summed E-state index contributed by atoms with van der Waals surface area (Å²) in [6.07, 6.45) is 0. The Morgan fingerprint density at radius 2 is 2.57 bits per heavy atom. The molecule has 5 heteroatoms. The van der Waals surface area contributed by atoms with Gasteiger partial charge in [0, 0.05) is 18.0 Å². The van der Waals surface area contributed by atoms with E-state index in [4.69, 9.17) is 4.74 Å². The summed E-state index contributed by atoms with van der Waals surface area (Å²) in [5, 5.41) is 4.52. The Morgan fingerprint density at radius 1 is 1.79 bits per heavy atom. The van der Waals surface area contributed by atoms with Gasteiger partial charge in [0.2, 0.25) is 0 Å². The van der Waals surface area contributed by atoms with E-state index in [1.54, 1.807) is 10.9 Å². The quantitative estimate of drug-likeness (QED) is 0.803. The zero-order valence-electron chi connectivity index (χ0n) is 8.32. The van der Waals surface area contributed by atoms with Gasteiger partial charge in [0.15, 0.2) is 0 Å². The van der Waals surface area contributed by atoms with Gasteiger partial charge in [-0.2, -0.15) is 0 Å². The molecule has 0 aliphatic heterocycles. The topological polar surface area (TPSA) is 51.2 Å². The number of nitrogens with one attached hydrogen (secondary N) is 1. The Bertz CT molecular complexity index is 274. The highest BCUT2D eigenvalue weighted by Crippen LogP contribution is 2.00. The first kappa shape index (κ1) is 11.1. The van der Waals surface area contributed by atoms with Crippen LogP contribution < -0.4 is 5.32 Å². The third kappa shape index (κ3) is 3.43. The zero-order valence-corrected chi connectivity index (χ0v) is 9.13. The van der Waals surface area contributed by atoms with E-state index >= 15 is 0 Å². The van der Waals surface area contributed by atoms with E-state index < -0.39 is 0 Å². The minimum atomic E-state index is -0.140. The lowest BCUT2D eigenvalue weighted by Crippen LogP contribution is -2.36. The number of ether oxygens (including phenoxy) is 1. The van der Waals surface area contributed by atoms with Crippen LogP contribution in [0.3, 0.4) is 0 Å². The molecular formula is C9H14N2O2S. The van der Waals surface area contributed by atoms with Gasteiger partial charge in [-0.15, -0.1) is 11.3 Å². The number of hydrogen-bond acceptors (Lipinski definition) is 4. The summed E-state index contributed by atoms with van der Waals surface area (Å²) in [5.41, 5.74) is 2.11. The fraction of sp³-hybridized carbons (Fsp3) is 0.556. The Labute approximate surface area is 87.3 Å². The number of thiazole rings is 1. The molecule has 78 valence electrons. The minimum Gasteiger partial charge on any atom is -0.380 e. The van der Waals surface area contributed by atoms with Gasteiger partial charge >= 0.3 is 0 Å². The van der Waals surface area contributed by atoms with Crippen LogP contribution in [0.4, 0.5) is 0 Å². The second-order valence-electron chi connectivity index (χ2n) is 2.91. The molecule has 0 aromatic carbocycles. The molecule has 1 rings (SSSR count). The fourth-order valence-electron chi connectivity index (χ4n) is 0.959. The maximum Gasteiger partial charge on any atom is 0.271 e. The van der Waals surface area contributed by atoms with Gasteiger partial charge in [0.1, 0.15) is 5.69 Å². The van der Waals surface area contributed by atoms with Crippen LogP contribution in [0.15, 0.2) is 10.9 Å². The van der Waals surface area contributed by atoms with Gasteiger partial charge in [-0.25, -0.2) is 4.98 Å². The molecule has 0 spiro atoms. The summed E-state index contributed by atoms with van der Waals surface area (Å²) in [6, 6.07) is 0.0177. The third-order valence-corrected chi connectivity index (χ3v) is 2.20. The van der Waals surface area contributed by atoms with E-state index in [0.29, 0.717) is 18.9 Å². The maximum absolute atomic E-state index is 11.5. The molecule has 0 bridgehead atoms. The molecule has 1 aromatic heterocycles. The first-order valence-electron chi connectivity index (χ1n) is 4.50. The van der Waals surface area contributed by atoms with Gasteiger partial charge in [0.05, 0.1) is 12.1 Å². The predicted octanol–water partition coefficient (Wildman–Crippen LogP) is 1.30. The van der Waals surface area contributed by atoms with Gasteiger partial charge in [-0.05, 0) is 13.8 Å². The van der Waals surface area contributed by atoms with Crippen LogP contribution in [-0.2, 0) is 4.74 Å². The molecule has 1 N–H and O–H groups in total. The van der Waals surface area contributed by atoms with Crippen molar-refractivity contribution in [1.29, 1.82) is 0 Å². The highest BCUT2D eigenvalue weighted by Gasteiger charge is 2.10. The van der Waals surface area contributed by atoms with E-state index in [1.165, 1.54) is 11.3 Å². The number of nitrogens with zero attached hydrogens (tertiary/aromatic N) is 1. The molecule has 0 radical (unpaired) electrons. The molecule has 0 saturated heterocycles. The fourth-order valence-corrected chi connectivity index (χ4v) is 1.49. The van der Waals surface area contributed by atoms with Crippen molar-refractivity contribution in [3.8, 4) is 0 Å². The summed E-state index contributed by atoms with van der Waals surface area (Å²) in [4.78, 5) is 15.4. The van der Waals surface area contributed by atoms with Crippen molar-refractivity contribution in [1.82, 2.24) is 10.3 Å². The molecule has 0 aliphatic rings. The number of aromatic nitrogens is 1. The van der Waals surface area contributed by atoms with Crippen LogP contribution >= 0.6 is 11.3 Å². The van der Waals surface area contributed by atoms with Crippen LogP contribution in [0.5, 0.6) is 0 Å². The van der Waals surface area contributed by atoms with E-state index in [1.807, 2.05) is 13.8 Å². The van der Waals surface area contributed by atoms with E-state index in [9.17, 15) is 4.79 Å². The van der Waals surface area contributed by atoms with Crippen molar-refractivity contribution in [3.05, 3.63) is 16.6 Å². The summed E-state index contributed by atoms with van der Waals surface area (Å²) >= 11 is 1.41. The molecular weight excluding hydrogens is 200 g/mol. The first-order chi connectivity index (χ1) is 6.74. The Morgan fingerprint density at radius 3 is 3.14 bits per heavy atom. The molecule has 0 fully saturated rings. The molecule has 4 nitrogen and oxygen atoms in total. The summed E-state index contributed by atoms with van der Waals surface area (Å²) < 4.78 is 5.18. The van der Waals surface area contributed by atoms with Gasteiger partial charge in [-0.1, -0.05) is 0 Å². The van der Waals surface area contributed by atoms with E-state index in [2.05, 4.69) is 10.3 Å². The Kier molecular flexibility index (Phi) is 4.55. The molecule has 0 saturated carbocycles. The van der Waals surface area contributed by atoms with Crippen LogP contribution in [0.1, 0.15) is 24.3 Å². The molecule has 1 unspecified atom stereocenters. The summed E-state index contributed by atoms with van der Waals surface area (Å²) in [6.45, 7) is 5.03. The Balaban J connectivity index is 2.34. The van der Waals surface area contributed by atoms with E-state index in [-0.39, 0.29) is 11.9 Å². The molecule has 1 heterocycles. The highest BCUT2D eigenvalue weighted by molar-refractivity contribution is 7.07. The second kappa shape index (κ2) is 5.72. The lowest BCUT2D eigenvalue weighted by atomic mass is 10.3. The van der Waals surface area contributed by atoms with Crippen molar-refractivity contribution >= 4 is 17.2 Å². The van der Waals surface area contributed by atoms with Crippen LogP contribution in [0.25, 0.3) is 0 Å². The third-order valence-electron chi connectivity index (χ3n) is 1.61. The van der Waals surface area contributed by atoms with Gasteiger partial charge < -0.3 is 10.1 Å². The van der Waals surface area contributed by atoms with Crippen LogP contribution in [0.2, 0.25) is 0 Å². The van der Waals surface area contributed by atoms with Crippen molar-refractivity contribution in [2.24, 2.45) is 0 Å². The van der Waals surface area contributed by atoms with Crippen molar-refractivity contribution in [2.45, 2.75) is 19.9 Å². The van der Waals surface area contributed by atoms with Crippen molar-refractivity contribution in [3.63, 3.8) is 0 Å². The van der Waals surface area contributed by atoms with E-state index in [0.717, 1.165) is 0 Å². The van der Waals surface area contributed by atoms with Gasteiger partial charge in [0.25, 0.3) is 5.91 Å². The first-order valence-corrected chi connectivity index (χ1v) is 5.45. The van der Waals surface area contributed by atoms with Gasteiger partial charge in [-0.3, -0.25) is 4.79 Å². The highest BCUT2D eigenvalue weighted by atomic mass is 32.1. The summed E-state index contributed by atoms with van der Waals surface area (Å²) in [7, 11) is 0. The monoisotopic (exact) mass is 214 g/mol. The van der Waals surface area contributed by atoms with Crippen LogP contribution in [-0.4, -0.2) is 30.1 Å². The SMILES string of the molecule is CCOCC(C)NC(=O)c1cscn1. The molecule has 0 aliphatic carbocycles. The molecule has 1 aromatic rings. The number of rotatable bonds is 5. The average molecular weight is 214 g/mol. The normalized spacial score (nSPS) is 12.4. The van der Waals surface area contributed by atoms with Crippen molar-refractivity contribution < 1.29 is 9.53 Å². The number of hydrogen-bond donors (Lipinski definition) is 1. The van der Waals surface area contributed by atoms with Crippen LogP contribution in [0, 0.1) is 0 Å². The molecule has 1 amide bonds. The molecule has 14 heavy (non-hydrogen) atoms. The lowest BCUT2D eigenvalue weighted by molar-refractivity contribution is 0.0868. The smallest absolute Gasteiger partial charge is 0.271 e. The number of amides is 1. The largest absolute Gasteiger partial charge is 0.380 e.